The van der Waals surface area contributed by atoms with Gasteiger partial charge in [-0.1, -0.05) is 0 Å². The van der Waals surface area contributed by atoms with Gasteiger partial charge in [-0.3, -0.25) is 0 Å². The van der Waals surface area contributed by atoms with E-state index in [9.17, 15) is 0 Å². The number of hydrogen-bond donors (Lipinski definition) is 0. The fraction of sp³-hybridized carbons (Fsp3) is 0. The first kappa shape index (κ1) is 45.3. The van der Waals surface area contributed by atoms with Crippen molar-refractivity contribution in [1.29, 1.82) is 0 Å². The number of rotatable bonds is 0. The molecule has 5 heavy (non-hydrogen) atoms. The van der Waals surface area contributed by atoms with Gasteiger partial charge in [-0.25, -0.2) is 0 Å². The summed E-state index contributed by atoms with van der Waals surface area (Å²) in [4.78, 5) is 0. The second-order valence-electron chi connectivity index (χ2n) is 0. The molecule has 0 saturated carbocycles. The molecule has 0 bridgehead atoms. The van der Waals surface area contributed by atoms with Crippen LogP contribution in [0.15, 0.2) is 0 Å². The maximum atomic E-state index is 0. The molecule has 0 atom stereocenters. The molecule has 0 heterocycles. The zero-order chi connectivity index (χ0) is 0. The second kappa shape index (κ2) is 28.8. The fourth-order valence-corrected chi connectivity index (χ4v) is 0. The van der Waals surface area contributed by atoms with E-state index in [4.69, 9.17) is 0 Å². The molecule has 0 N–H and O–H groups in total. The average molecular weight is 80.8 g/mol. The van der Waals surface area contributed by atoms with E-state index in [1.807, 2.05) is 0 Å². The van der Waals surface area contributed by atoms with Gasteiger partial charge in [0, 0.05) is 56.6 Å². The maximum absolute atomic E-state index is 0. The van der Waals surface area contributed by atoms with Gasteiger partial charge in [-0.15, -0.1) is 0 Å². The summed E-state index contributed by atoms with van der Waals surface area (Å²) < 4.78 is 0. The Bertz CT molecular complexity index is 4.85. The van der Waals surface area contributed by atoms with Crippen LogP contribution in [0.3, 0.4) is 0 Å². The molecule has 0 aliphatic rings. The van der Waals surface area contributed by atoms with E-state index in [0.29, 0.717) is 0 Å². The van der Waals surface area contributed by atoms with Crippen LogP contribution in [0.4, 0.5) is 0 Å². The van der Waals surface area contributed by atoms with Gasteiger partial charge in [0.15, 0.2) is 34.7 Å². The van der Waals surface area contributed by atoms with Crippen LogP contribution >= 0.6 is 0 Å². The quantitative estimate of drug-likeness (QED) is 0.265. The Hall–Kier alpha value is 2.86. The van der Waals surface area contributed by atoms with E-state index in [2.05, 4.69) is 0 Å². The molecule has 0 aliphatic heterocycles. The normalized spacial score (nSPS) is 0. The Morgan fingerprint density at radius 1 is 0.400 bits per heavy atom. The van der Waals surface area contributed by atoms with Gasteiger partial charge in [0.1, 0.15) is 0 Å². The van der Waals surface area contributed by atoms with E-state index in [0.717, 1.165) is 0 Å². The van der Waals surface area contributed by atoms with Crippen LogP contribution in [-0.2, 0) is 0 Å². The number of hydrogen-bond acceptors (Lipinski definition) is 0. The molecular weight excluding hydrogens is 74.8 g/mol. The minimum absolute atomic E-state index is 0. The monoisotopic (exact) mass is 81.1 g/mol. The van der Waals surface area contributed by atoms with E-state index in [-0.39, 0.29) is 91.3 Å². The third-order valence-corrected chi connectivity index (χ3v) is 0. The van der Waals surface area contributed by atoms with Crippen molar-refractivity contribution in [2.75, 3.05) is 0 Å². The summed E-state index contributed by atoms with van der Waals surface area (Å²) in [5.74, 6) is 0. The second-order valence-corrected chi connectivity index (χ2v) is 0. The Morgan fingerprint density at radius 2 is 0.400 bits per heavy atom. The van der Waals surface area contributed by atoms with Crippen LogP contribution in [0.1, 0.15) is 0 Å². The molecule has 0 amide bonds. The van der Waals surface area contributed by atoms with Crippen LogP contribution < -0.4 is 0 Å². The van der Waals surface area contributed by atoms with Crippen LogP contribution in [0.5, 0.6) is 0 Å². The minimum Gasteiger partial charge on any atom is 0 e. The molecule has 0 spiro atoms. The van der Waals surface area contributed by atoms with Crippen LogP contribution in [0.2, 0.25) is 0 Å². The van der Waals surface area contributed by atoms with Gasteiger partial charge in [0.05, 0.1) is 0 Å². The molecule has 5 heteroatoms. The van der Waals surface area contributed by atoms with E-state index in [1.165, 1.54) is 0 Å². The molecule has 0 fully saturated rings. The predicted molar refractivity (Wildman–Crippen MR) is 37.1 cm³/mol. The molecular formula is H6Al2Li3. The summed E-state index contributed by atoms with van der Waals surface area (Å²) in [5.41, 5.74) is 0. The summed E-state index contributed by atoms with van der Waals surface area (Å²) in [6.07, 6.45) is 0. The first-order chi connectivity index (χ1) is 0. The Balaban J connectivity index is 0. The van der Waals surface area contributed by atoms with Crippen LogP contribution in [-0.4, -0.2) is 91.3 Å². The van der Waals surface area contributed by atoms with Crippen molar-refractivity contribution < 1.29 is 0 Å². The fourth-order valence-electron chi connectivity index (χ4n) is 0. The maximum Gasteiger partial charge on any atom is 0.187 e. The van der Waals surface area contributed by atoms with Crippen molar-refractivity contribution >= 4 is 91.3 Å². The Kier molecular flexibility index (Phi) is 261. The van der Waals surface area contributed by atoms with E-state index in [1.54, 1.807) is 0 Å². The van der Waals surface area contributed by atoms with Gasteiger partial charge in [-0.2, -0.15) is 0 Å². The van der Waals surface area contributed by atoms with Crippen molar-refractivity contribution in [3.05, 3.63) is 0 Å². The molecule has 0 rings (SSSR count). The van der Waals surface area contributed by atoms with E-state index < -0.39 is 0 Å². The van der Waals surface area contributed by atoms with Gasteiger partial charge < -0.3 is 0 Å². The SMILES string of the molecule is [AlH3].[AlH3].[Li].[Li].[Li]. The topological polar surface area (TPSA) is 0 Å². The third kappa shape index (κ3) is 19.8. The summed E-state index contributed by atoms with van der Waals surface area (Å²) in [7, 11) is 0. The van der Waals surface area contributed by atoms with Crippen molar-refractivity contribution in [3.8, 4) is 0 Å². The molecule has 0 saturated heterocycles. The first-order valence-corrected chi connectivity index (χ1v) is 0. The summed E-state index contributed by atoms with van der Waals surface area (Å²) in [5, 5.41) is 0. The average Bonchev–Trinajstić information content (AvgIpc) is 0. The Labute approximate surface area is 90.0 Å². The summed E-state index contributed by atoms with van der Waals surface area (Å²) in [6, 6.07) is 0. The summed E-state index contributed by atoms with van der Waals surface area (Å²) in [6.45, 7) is 0. The zero-order valence-corrected chi connectivity index (χ0v) is 3.00. The third-order valence-electron chi connectivity index (χ3n) is 0. The predicted octanol–water partition coefficient (Wildman–Crippen LogP) is -3.51. The van der Waals surface area contributed by atoms with Crippen LogP contribution in [0, 0.1) is 0 Å². The van der Waals surface area contributed by atoms with Gasteiger partial charge >= 0.3 is 0 Å². The van der Waals surface area contributed by atoms with Gasteiger partial charge in [-0.05, 0) is 0 Å². The molecule has 0 aromatic rings. The van der Waals surface area contributed by atoms with Crippen LogP contribution in [0.25, 0.3) is 0 Å². The first-order valence-electron chi connectivity index (χ1n) is 0. The van der Waals surface area contributed by atoms with Crippen molar-refractivity contribution in [2.45, 2.75) is 0 Å². The van der Waals surface area contributed by atoms with Crippen molar-refractivity contribution in [3.63, 3.8) is 0 Å². The Morgan fingerprint density at radius 3 is 0.400 bits per heavy atom. The minimum atomic E-state index is 0. The molecule has 15 valence electrons. The largest absolute Gasteiger partial charge is 0.187 e. The molecule has 0 nitrogen and oxygen atoms in total. The van der Waals surface area contributed by atoms with Gasteiger partial charge in [0.25, 0.3) is 0 Å². The zero-order valence-electron chi connectivity index (χ0n) is 3.00. The smallest absolute Gasteiger partial charge is 0 e. The molecule has 0 aliphatic carbocycles. The van der Waals surface area contributed by atoms with Gasteiger partial charge in [0.2, 0.25) is 0 Å². The molecule has 0 aromatic heterocycles. The van der Waals surface area contributed by atoms with E-state index >= 15 is 0 Å². The standard InChI is InChI=1S/2Al.3Li.6H. The van der Waals surface area contributed by atoms with Crippen molar-refractivity contribution in [2.24, 2.45) is 0 Å². The molecule has 3 radical (unpaired) electrons. The molecule has 0 unspecified atom stereocenters. The summed E-state index contributed by atoms with van der Waals surface area (Å²) >= 11 is 0. The van der Waals surface area contributed by atoms with Crippen molar-refractivity contribution in [1.82, 2.24) is 0 Å². The molecule has 0 aromatic carbocycles.